The first kappa shape index (κ1) is 12.1. The molecule has 0 aliphatic carbocycles. The number of rotatable bonds is 3. The van der Waals surface area contributed by atoms with E-state index in [1.807, 2.05) is 4.90 Å². The largest absolute Gasteiger partial charge is 0.342 e. The fraction of sp³-hybridized carbons (Fsp3) is 0.692. The predicted molar refractivity (Wildman–Crippen MR) is 65.1 cm³/mol. The molecule has 1 unspecified atom stereocenters. The number of carbonyl (C=O) groups excluding carboxylic acids is 2. The fourth-order valence-electron chi connectivity index (χ4n) is 2.64. The van der Waals surface area contributed by atoms with Crippen LogP contribution in [0, 0.1) is 5.41 Å². The standard InChI is InChI=1S/C13H20N2O2/c1-3-4-7-15-9-13(8-11(15)16)6-5-10(2)14-12(13)17/h2-9H2,1H3,(H,14,17). The van der Waals surface area contributed by atoms with E-state index in [1.54, 1.807) is 0 Å². The maximum atomic E-state index is 12.0. The lowest BCUT2D eigenvalue weighted by Crippen LogP contribution is -2.46. The smallest absolute Gasteiger partial charge is 0.232 e. The van der Waals surface area contributed by atoms with Gasteiger partial charge in [0.25, 0.3) is 0 Å². The van der Waals surface area contributed by atoms with Crippen LogP contribution in [-0.2, 0) is 9.59 Å². The molecular weight excluding hydrogens is 216 g/mol. The van der Waals surface area contributed by atoms with Crippen LogP contribution < -0.4 is 5.32 Å². The first-order chi connectivity index (χ1) is 8.07. The molecule has 2 rings (SSSR count). The van der Waals surface area contributed by atoms with Gasteiger partial charge in [-0.05, 0) is 19.3 Å². The molecule has 1 N–H and O–H groups in total. The van der Waals surface area contributed by atoms with E-state index in [9.17, 15) is 9.59 Å². The van der Waals surface area contributed by atoms with Crippen molar-refractivity contribution in [2.75, 3.05) is 13.1 Å². The fourth-order valence-corrected chi connectivity index (χ4v) is 2.64. The van der Waals surface area contributed by atoms with Crippen LogP contribution in [-0.4, -0.2) is 29.8 Å². The molecule has 2 fully saturated rings. The molecule has 1 atom stereocenters. The van der Waals surface area contributed by atoms with E-state index in [1.165, 1.54) is 0 Å². The number of allylic oxidation sites excluding steroid dienone is 1. The van der Waals surface area contributed by atoms with Gasteiger partial charge in [0.15, 0.2) is 0 Å². The summed E-state index contributed by atoms with van der Waals surface area (Å²) >= 11 is 0. The van der Waals surface area contributed by atoms with Crippen LogP contribution in [0.5, 0.6) is 0 Å². The van der Waals surface area contributed by atoms with Crippen LogP contribution in [0.3, 0.4) is 0 Å². The quantitative estimate of drug-likeness (QED) is 0.806. The molecule has 2 aliphatic heterocycles. The molecule has 0 radical (unpaired) electrons. The van der Waals surface area contributed by atoms with Crippen molar-refractivity contribution in [1.82, 2.24) is 10.2 Å². The van der Waals surface area contributed by atoms with Gasteiger partial charge in [0, 0.05) is 25.2 Å². The zero-order chi connectivity index (χ0) is 12.5. The minimum absolute atomic E-state index is 0.0129. The van der Waals surface area contributed by atoms with E-state index < -0.39 is 5.41 Å². The lowest BCUT2D eigenvalue weighted by molar-refractivity contribution is -0.133. The summed E-state index contributed by atoms with van der Waals surface area (Å²) in [7, 11) is 0. The lowest BCUT2D eigenvalue weighted by Gasteiger charge is -2.32. The highest BCUT2D eigenvalue weighted by molar-refractivity contribution is 5.93. The van der Waals surface area contributed by atoms with E-state index in [0.717, 1.165) is 37.9 Å². The number of nitrogens with one attached hydrogen (secondary N) is 1. The minimum atomic E-state index is -0.480. The highest BCUT2D eigenvalue weighted by Gasteiger charge is 2.49. The molecule has 17 heavy (non-hydrogen) atoms. The second-order valence-corrected chi connectivity index (χ2v) is 5.18. The summed E-state index contributed by atoms with van der Waals surface area (Å²) in [5.41, 5.74) is 0.298. The SMILES string of the molecule is C=C1CCC2(CC(=O)N(CCCC)C2)C(=O)N1. The van der Waals surface area contributed by atoms with Gasteiger partial charge in [-0.15, -0.1) is 0 Å². The Labute approximate surface area is 102 Å². The van der Waals surface area contributed by atoms with Gasteiger partial charge in [0.05, 0.1) is 5.41 Å². The Balaban J connectivity index is 2.06. The van der Waals surface area contributed by atoms with Gasteiger partial charge in [-0.3, -0.25) is 9.59 Å². The van der Waals surface area contributed by atoms with Crippen molar-refractivity contribution in [1.29, 1.82) is 0 Å². The second-order valence-electron chi connectivity index (χ2n) is 5.18. The van der Waals surface area contributed by atoms with Crippen molar-refractivity contribution in [3.8, 4) is 0 Å². The van der Waals surface area contributed by atoms with Crippen LogP contribution in [0.1, 0.15) is 39.0 Å². The Kier molecular flexibility index (Phi) is 3.22. The molecule has 0 aromatic heterocycles. The zero-order valence-corrected chi connectivity index (χ0v) is 10.4. The number of nitrogens with zero attached hydrogens (tertiary/aromatic N) is 1. The van der Waals surface area contributed by atoms with E-state index >= 15 is 0 Å². The zero-order valence-electron chi connectivity index (χ0n) is 10.4. The molecule has 0 aromatic rings. The number of amides is 2. The maximum Gasteiger partial charge on any atom is 0.232 e. The molecular formula is C13H20N2O2. The molecule has 4 nitrogen and oxygen atoms in total. The molecule has 4 heteroatoms. The first-order valence-corrected chi connectivity index (χ1v) is 6.34. The van der Waals surface area contributed by atoms with Gasteiger partial charge < -0.3 is 10.2 Å². The Bertz CT molecular complexity index is 364. The third kappa shape index (κ3) is 2.21. The summed E-state index contributed by atoms with van der Waals surface area (Å²) in [5, 5.41) is 2.80. The first-order valence-electron chi connectivity index (χ1n) is 6.34. The third-order valence-electron chi connectivity index (χ3n) is 3.79. The Morgan fingerprint density at radius 3 is 2.88 bits per heavy atom. The topological polar surface area (TPSA) is 49.4 Å². The summed E-state index contributed by atoms with van der Waals surface area (Å²) in [5.74, 6) is 0.113. The monoisotopic (exact) mass is 236 g/mol. The Morgan fingerprint density at radius 1 is 1.47 bits per heavy atom. The maximum absolute atomic E-state index is 12.0. The average Bonchev–Trinajstić information content (AvgIpc) is 2.60. The van der Waals surface area contributed by atoms with Gasteiger partial charge in [0.1, 0.15) is 0 Å². The number of likely N-dealkylation sites (tertiary alicyclic amines) is 1. The molecule has 94 valence electrons. The molecule has 2 aliphatic rings. The van der Waals surface area contributed by atoms with Gasteiger partial charge in [-0.1, -0.05) is 19.9 Å². The summed E-state index contributed by atoms with van der Waals surface area (Å²) in [4.78, 5) is 25.8. The molecule has 0 saturated carbocycles. The van der Waals surface area contributed by atoms with Crippen molar-refractivity contribution in [2.45, 2.75) is 39.0 Å². The van der Waals surface area contributed by atoms with E-state index in [0.29, 0.717) is 13.0 Å². The normalized spacial score (nSPS) is 29.0. The average molecular weight is 236 g/mol. The number of unbranched alkanes of at least 4 members (excludes halogenated alkanes) is 1. The Morgan fingerprint density at radius 2 is 2.24 bits per heavy atom. The molecule has 2 heterocycles. The highest BCUT2D eigenvalue weighted by atomic mass is 16.2. The molecule has 1 spiro atoms. The summed E-state index contributed by atoms with van der Waals surface area (Å²) in [6, 6.07) is 0. The van der Waals surface area contributed by atoms with Gasteiger partial charge in [-0.25, -0.2) is 0 Å². The summed E-state index contributed by atoms with van der Waals surface area (Å²) < 4.78 is 0. The van der Waals surface area contributed by atoms with E-state index in [2.05, 4.69) is 18.8 Å². The number of hydrogen-bond acceptors (Lipinski definition) is 2. The summed E-state index contributed by atoms with van der Waals surface area (Å²) in [6.45, 7) is 7.25. The van der Waals surface area contributed by atoms with Gasteiger partial charge in [-0.2, -0.15) is 0 Å². The van der Waals surface area contributed by atoms with Crippen molar-refractivity contribution in [3.05, 3.63) is 12.3 Å². The minimum Gasteiger partial charge on any atom is -0.342 e. The molecule has 2 amide bonds. The number of carbonyl (C=O) groups is 2. The predicted octanol–water partition coefficient (Wildman–Crippen LogP) is 1.43. The van der Waals surface area contributed by atoms with E-state index in [-0.39, 0.29) is 11.8 Å². The van der Waals surface area contributed by atoms with Crippen molar-refractivity contribution in [3.63, 3.8) is 0 Å². The van der Waals surface area contributed by atoms with Crippen LogP contribution in [0.2, 0.25) is 0 Å². The van der Waals surface area contributed by atoms with Crippen LogP contribution >= 0.6 is 0 Å². The van der Waals surface area contributed by atoms with E-state index in [4.69, 9.17) is 0 Å². The highest BCUT2D eigenvalue weighted by Crippen LogP contribution is 2.39. The van der Waals surface area contributed by atoms with Crippen LogP contribution in [0.25, 0.3) is 0 Å². The van der Waals surface area contributed by atoms with Crippen molar-refractivity contribution < 1.29 is 9.59 Å². The summed E-state index contributed by atoms with van der Waals surface area (Å²) in [6.07, 6.45) is 4.00. The second kappa shape index (κ2) is 4.51. The molecule has 0 bridgehead atoms. The third-order valence-corrected chi connectivity index (χ3v) is 3.79. The lowest BCUT2D eigenvalue weighted by atomic mass is 9.78. The van der Waals surface area contributed by atoms with Crippen molar-refractivity contribution in [2.24, 2.45) is 5.41 Å². The van der Waals surface area contributed by atoms with Crippen molar-refractivity contribution >= 4 is 11.8 Å². The van der Waals surface area contributed by atoms with Crippen LogP contribution in [0.15, 0.2) is 12.3 Å². The Hall–Kier alpha value is -1.32. The number of hydrogen-bond donors (Lipinski definition) is 1. The van der Waals surface area contributed by atoms with Crippen LogP contribution in [0.4, 0.5) is 0 Å². The van der Waals surface area contributed by atoms with Gasteiger partial charge >= 0.3 is 0 Å². The molecule has 2 saturated heterocycles. The number of piperidine rings is 1. The molecule has 0 aromatic carbocycles. The van der Waals surface area contributed by atoms with Gasteiger partial charge in [0.2, 0.25) is 11.8 Å².